The minimum absolute atomic E-state index is 0.113. The van der Waals surface area contributed by atoms with Gasteiger partial charge >= 0.3 is 0 Å². The normalized spacial score (nSPS) is 15.5. The Morgan fingerprint density at radius 3 is 2.50 bits per heavy atom. The molecule has 22 heavy (non-hydrogen) atoms. The quantitative estimate of drug-likeness (QED) is 0.854. The highest BCUT2D eigenvalue weighted by molar-refractivity contribution is 5.99. The van der Waals surface area contributed by atoms with E-state index in [4.69, 9.17) is 0 Å². The first-order valence-corrected chi connectivity index (χ1v) is 7.52. The van der Waals surface area contributed by atoms with E-state index in [1.165, 1.54) is 0 Å². The van der Waals surface area contributed by atoms with Crippen molar-refractivity contribution in [3.8, 4) is 0 Å². The van der Waals surface area contributed by atoms with Crippen LogP contribution in [0.4, 0.5) is 5.69 Å². The largest absolute Gasteiger partial charge is 0.355 e. The summed E-state index contributed by atoms with van der Waals surface area (Å²) in [6.45, 7) is 4.71. The molecule has 1 fully saturated rings. The van der Waals surface area contributed by atoms with Crippen LogP contribution in [0.1, 0.15) is 37.0 Å². The smallest absolute Gasteiger partial charge is 0.251 e. The summed E-state index contributed by atoms with van der Waals surface area (Å²) in [5.74, 6) is -0.407. The Morgan fingerprint density at radius 2 is 1.95 bits per heavy atom. The van der Waals surface area contributed by atoms with Gasteiger partial charge in [0.2, 0.25) is 11.8 Å². The molecule has 0 saturated carbocycles. The summed E-state index contributed by atoms with van der Waals surface area (Å²) >= 11 is 0. The number of hydrogen-bond donors (Lipinski definition) is 2. The molecule has 0 radical (unpaired) electrons. The SMILES string of the molecule is CCNC(=O)[C@H](C)NC(=O)c1ccc(N2CCCC2=O)cc1. The molecule has 1 aliphatic rings. The van der Waals surface area contributed by atoms with Crippen molar-refractivity contribution in [1.82, 2.24) is 10.6 Å². The Balaban J connectivity index is 1.99. The maximum absolute atomic E-state index is 12.1. The van der Waals surface area contributed by atoms with Gasteiger partial charge in [0.15, 0.2) is 0 Å². The molecule has 0 aromatic heterocycles. The molecule has 0 bridgehead atoms. The zero-order chi connectivity index (χ0) is 16.1. The third-order valence-electron chi connectivity index (χ3n) is 3.61. The second-order valence-corrected chi connectivity index (χ2v) is 5.29. The number of amides is 3. The Bertz CT molecular complexity index is 569. The third-order valence-corrected chi connectivity index (χ3v) is 3.61. The molecule has 3 amide bonds. The maximum atomic E-state index is 12.1. The summed E-state index contributed by atoms with van der Waals surface area (Å²) in [4.78, 5) is 37.1. The van der Waals surface area contributed by atoms with Gasteiger partial charge < -0.3 is 15.5 Å². The van der Waals surface area contributed by atoms with Crippen molar-refractivity contribution in [1.29, 1.82) is 0 Å². The fourth-order valence-electron chi connectivity index (χ4n) is 2.39. The lowest BCUT2D eigenvalue weighted by atomic mass is 10.1. The van der Waals surface area contributed by atoms with E-state index in [1.807, 2.05) is 6.92 Å². The van der Waals surface area contributed by atoms with Gasteiger partial charge in [-0.1, -0.05) is 0 Å². The highest BCUT2D eigenvalue weighted by Gasteiger charge is 2.22. The predicted octanol–water partition coefficient (Wildman–Crippen LogP) is 1.07. The van der Waals surface area contributed by atoms with Gasteiger partial charge in [-0.05, 0) is 44.5 Å². The standard InChI is InChI=1S/C16H21N3O3/c1-3-17-15(21)11(2)18-16(22)12-6-8-13(9-7-12)19-10-4-5-14(19)20/h6-9,11H,3-5,10H2,1-2H3,(H,17,21)(H,18,22)/t11-/m0/s1. The second kappa shape index (κ2) is 7.06. The molecular weight excluding hydrogens is 282 g/mol. The molecule has 2 N–H and O–H groups in total. The van der Waals surface area contributed by atoms with Crippen LogP contribution in [-0.2, 0) is 9.59 Å². The van der Waals surface area contributed by atoms with Gasteiger partial charge in [-0.2, -0.15) is 0 Å². The number of likely N-dealkylation sites (N-methyl/N-ethyl adjacent to an activating group) is 1. The van der Waals surface area contributed by atoms with E-state index < -0.39 is 6.04 Å². The first-order chi connectivity index (χ1) is 10.5. The Morgan fingerprint density at radius 1 is 1.27 bits per heavy atom. The number of hydrogen-bond acceptors (Lipinski definition) is 3. The van der Waals surface area contributed by atoms with Gasteiger partial charge in [-0.15, -0.1) is 0 Å². The molecule has 6 nitrogen and oxygen atoms in total. The lowest BCUT2D eigenvalue weighted by molar-refractivity contribution is -0.122. The average Bonchev–Trinajstić information content (AvgIpc) is 2.93. The van der Waals surface area contributed by atoms with Crippen molar-refractivity contribution in [2.24, 2.45) is 0 Å². The van der Waals surface area contributed by atoms with Crippen LogP contribution in [0.2, 0.25) is 0 Å². The van der Waals surface area contributed by atoms with Crippen molar-refractivity contribution in [3.05, 3.63) is 29.8 Å². The molecule has 2 rings (SSSR count). The molecule has 1 heterocycles. The number of nitrogens with one attached hydrogen (secondary N) is 2. The fourth-order valence-corrected chi connectivity index (χ4v) is 2.39. The van der Waals surface area contributed by atoms with Crippen LogP contribution < -0.4 is 15.5 Å². The maximum Gasteiger partial charge on any atom is 0.251 e. The number of benzene rings is 1. The minimum Gasteiger partial charge on any atom is -0.355 e. The number of carbonyl (C=O) groups excluding carboxylic acids is 3. The van der Waals surface area contributed by atoms with Crippen molar-refractivity contribution in [2.75, 3.05) is 18.0 Å². The van der Waals surface area contributed by atoms with E-state index in [0.29, 0.717) is 18.5 Å². The van der Waals surface area contributed by atoms with Crippen LogP contribution in [-0.4, -0.2) is 36.9 Å². The van der Waals surface area contributed by atoms with Gasteiger partial charge in [-0.3, -0.25) is 14.4 Å². The van der Waals surface area contributed by atoms with Crippen LogP contribution in [0.25, 0.3) is 0 Å². The third kappa shape index (κ3) is 3.63. The van der Waals surface area contributed by atoms with Crippen molar-refractivity contribution in [3.63, 3.8) is 0 Å². The molecule has 1 aromatic carbocycles. The molecule has 1 atom stereocenters. The molecule has 0 unspecified atom stereocenters. The zero-order valence-corrected chi connectivity index (χ0v) is 12.9. The van der Waals surface area contributed by atoms with Crippen molar-refractivity contribution in [2.45, 2.75) is 32.7 Å². The predicted molar refractivity (Wildman–Crippen MR) is 83.6 cm³/mol. The topological polar surface area (TPSA) is 78.5 Å². The highest BCUT2D eigenvalue weighted by Crippen LogP contribution is 2.21. The van der Waals surface area contributed by atoms with E-state index >= 15 is 0 Å². The lowest BCUT2D eigenvalue weighted by Crippen LogP contribution is -2.44. The summed E-state index contributed by atoms with van der Waals surface area (Å²) in [6.07, 6.45) is 1.44. The summed E-state index contributed by atoms with van der Waals surface area (Å²) in [5, 5.41) is 5.30. The first kappa shape index (κ1) is 16.0. The number of carbonyl (C=O) groups is 3. The molecule has 0 aliphatic carbocycles. The minimum atomic E-state index is -0.590. The van der Waals surface area contributed by atoms with Crippen LogP contribution in [0.5, 0.6) is 0 Å². The van der Waals surface area contributed by atoms with E-state index in [0.717, 1.165) is 18.7 Å². The van der Waals surface area contributed by atoms with Gasteiger partial charge in [0.25, 0.3) is 5.91 Å². The molecule has 0 spiro atoms. The van der Waals surface area contributed by atoms with Crippen molar-refractivity contribution < 1.29 is 14.4 Å². The Labute approximate surface area is 129 Å². The molecule has 6 heteroatoms. The van der Waals surface area contributed by atoms with E-state index in [2.05, 4.69) is 10.6 Å². The molecule has 1 aromatic rings. The molecule has 1 saturated heterocycles. The average molecular weight is 303 g/mol. The van der Waals surface area contributed by atoms with E-state index in [1.54, 1.807) is 36.1 Å². The van der Waals surface area contributed by atoms with E-state index in [-0.39, 0.29) is 17.7 Å². The lowest BCUT2D eigenvalue weighted by Gasteiger charge is -2.16. The highest BCUT2D eigenvalue weighted by atomic mass is 16.2. The van der Waals surface area contributed by atoms with Gasteiger partial charge in [0, 0.05) is 30.8 Å². The summed E-state index contributed by atoms with van der Waals surface area (Å²) in [7, 11) is 0. The summed E-state index contributed by atoms with van der Waals surface area (Å²) in [6, 6.07) is 6.26. The van der Waals surface area contributed by atoms with Crippen LogP contribution in [0.15, 0.2) is 24.3 Å². The van der Waals surface area contributed by atoms with E-state index in [9.17, 15) is 14.4 Å². The van der Waals surface area contributed by atoms with Crippen LogP contribution in [0, 0.1) is 0 Å². The fraction of sp³-hybridized carbons (Fsp3) is 0.438. The second-order valence-electron chi connectivity index (χ2n) is 5.29. The zero-order valence-electron chi connectivity index (χ0n) is 12.9. The van der Waals surface area contributed by atoms with Crippen molar-refractivity contribution >= 4 is 23.4 Å². The molecule has 1 aliphatic heterocycles. The number of anilines is 1. The number of nitrogens with zero attached hydrogens (tertiary/aromatic N) is 1. The summed E-state index contributed by atoms with van der Waals surface area (Å²) in [5.41, 5.74) is 1.27. The first-order valence-electron chi connectivity index (χ1n) is 7.52. The summed E-state index contributed by atoms with van der Waals surface area (Å²) < 4.78 is 0. The monoisotopic (exact) mass is 303 g/mol. The van der Waals surface area contributed by atoms with Crippen LogP contribution in [0.3, 0.4) is 0 Å². The molecule has 118 valence electrons. The van der Waals surface area contributed by atoms with Gasteiger partial charge in [0.1, 0.15) is 6.04 Å². The van der Waals surface area contributed by atoms with Crippen LogP contribution >= 0.6 is 0 Å². The van der Waals surface area contributed by atoms with Gasteiger partial charge in [-0.25, -0.2) is 0 Å². The number of rotatable bonds is 5. The Hall–Kier alpha value is -2.37. The van der Waals surface area contributed by atoms with Gasteiger partial charge in [0.05, 0.1) is 0 Å². The molecular formula is C16H21N3O3. The Kier molecular flexibility index (Phi) is 5.14.